The van der Waals surface area contributed by atoms with E-state index in [0.29, 0.717) is 24.4 Å². The lowest BCUT2D eigenvalue weighted by atomic mass is 9.88. The number of amides is 1. The molecule has 2 bridgehead atoms. The average molecular weight is 385 g/mol. The fraction of sp³-hybridized carbons (Fsp3) is 0.435. The molecule has 0 aromatic heterocycles. The van der Waals surface area contributed by atoms with E-state index < -0.39 is 0 Å². The highest BCUT2D eigenvalue weighted by Gasteiger charge is 2.38. The number of carbonyl (C=O) groups is 1. The van der Waals surface area contributed by atoms with Crippen molar-refractivity contribution in [3.8, 4) is 0 Å². The van der Waals surface area contributed by atoms with Crippen molar-refractivity contribution < 1.29 is 4.79 Å². The van der Waals surface area contributed by atoms with E-state index in [-0.39, 0.29) is 18.3 Å². The quantitative estimate of drug-likeness (QED) is 0.838. The van der Waals surface area contributed by atoms with Crippen LogP contribution in [0.3, 0.4) is 0 Å². The smallest absolute Gasteiger partial charge is 0.223 e. The number of hydrogen-bond donors (Lipinski definition) is 1. The molecular weight excluding hydrogens is 356 g/mol. The summed E-state index contributed by atoms with van der Waals surface area (Å²) in [5, 5.41) is 3.49. The monoisotopic (exact) mass is 384 g/mol. The van der Waals surface area contributed by atoms with Crippen molar-refractivity contribution in [1.82, 2.24) is 10.2 Å². The number of halogens is 1. The summed E-state index contributed by atoms with van der Waals surface area (Å²) in [5.74, 6) is 0.577. The number of rotatable bonds is 5. The Morgan fingerprint density at radius 2 is 1.63 bits per heavy atom. The zero-order chi connectivity index (χ0) is 17.8. The van der Waals surface area contributed by atoms with Crippen LogP contribution in [0.4, 0.5) is 0 Å². The highest BCUT2D eigenvalue weighted by atomic mass is 35.5. The van der Waals surface area contributed by atoms with Gasteiger partial charge in [0, 0.05) is 25.0 Å². The third-order valence-corrected chi connectivity index (χ3v) is 5.96. The molecule has 144 valence electrons. The second-order valence-electron chi connectivity index (χ2n) is 7.68. The van der Waals surface area contributed by atoms with Gasteiger partial charge in [-0.15, -0.1) is 12.4 Å². The summed E-state index contributed by atoms with van der Waals surface area (Å²) >= 11 is 0. The molecule has 2 fully saturated rings. The molecule has 3 nitrogen and oxygen atoms in total. The van der Waals surface area contributed by atoms with Gasteiger partial charge in [0.1, 0.15) is 0 Å². The van der Waals surface area contributed by atoms with Crippen molar-refractivity contribution in [3.05, 3.63) is 71.8 Å². The van der Waals surface area contributed by atoms with Gasteiger partial charge in [0.15, 0.2) is 0 Å². The molecule has 3 atom stereocenters. The number of hydrogen-bond acceptors (Lipinski definition) is 2. The lowest BCUT2D eigenvalue weighted by molar-refractivity contribution is -0.134. The van der Waals surface area contributed by atoms with Crippen LogP contribution in [0.1, 0.15) is 42.7 Å². The van der Waals surface area contributed by atoms with Crippen LogP contribution >= 0.6 is 12.4 Å². The number of nitrogens with one attached hydrogen (secondary N) is 1. The predicted molar refractivity (Wildman–Crippen MR) is 112 cm³/mol. The Hall–Kier alpha value is -1.84. The van der Waals surface area contributed by atoms with Crippen LogP contribution in [0, 0.1) is 0 Å². The summed E-state index contributed by atoms with van der Waals surface area (Å²) in [7, 11) is 0. The molecule has 0 saturated carbocycles. The summed E-state index contributed by atoms with van der Waals surface area (Å²) in [6.45, 7) is 1.99. The SMILES string of the molecule is Cl.O=C(CC(Cc1ccccc1)c1ccccc1)N1C2CCNCC1CC2. The van der Waals surface area contributed by atoms with Crippen molar-refractivity contribution in [3.63, 3.8) is 0 Å². The third kappa shape index (κ3) is 4.72. The van der Waals surface area contributed by atoms with Gasteiger partial charge in [-0.05, 0) is 49.3 Å². The highest BCUT2D eigenvalue weighted by molar-refractivity contribution is 5.85. The van der Waals surface area contributed by atoms with Crippen LogP contribution < -0.4 is 5.32 Å². The van der Waals surface area contributed by atoms with E-state index in [9.17, 15) is 4.79 Å². The van der Waals surface area contributed by atoms with Gasteiger partial charge in [0.05, 0.1) is 0 Å². The maximum Gasteiger partial charge on any atom is 0.223 e. The van der Waals surface area contributed by atoms with Gasteiger partial charge >= 0.3 is 0 Å². The van der Waals surface area contributed by atoms with E-state index in [2.05, 4.69) is 58.7 Å². The molecule has 4 rings (SSSR count). The van der Waals surface area contributed by atoms with Gasteiger partial charge in [-0.3, -0.25) is 4.79 Å². The van der Waals surface area contributed by atoms with Gasteiger partial charge in [-0.1, -0.05) is 60.7 Å². The molecule has 3 unspecified atom stereocenters. The molecule has 2 aromatic carbocycles. The Labute approximate surface area is 168 Å². The third-order valence-electron chi connectivity index (χ3n) is 5.96. The minimum absolute atomic E-state index is 0. The van der Waals surface area contributed by atoms with E-state index in [1.54, 1.807) is 0 Å². The van der Waals surface area contributed by atoms with E-state index in [4.69, 9.17) is 0 Å². The van der Waals surface area contributed by atoms with Gasteiger partial charge in [-0.2, -0.15) is 0 Å². The summed E-state index contributed by atoms with van der Waals surface area (Å²) in [5.41, 5.74) is 2.57. The first-order valence-electron chi connectivity index (χ1n) is 9.92. The van der Waals surface area contributed by atoms with E-state index in [1.165, 1.54) is 17.5 Å². The molecule has 2 saturated heterocycles. The van der Waals surface area contributed by atoms with Crippen LogP contribution in [0.25, 0.3) is 0 Å². The minimum Gasteiger partial charge on any atom is -0.335 e. The lowest BCUT2D eigenvalue weighted by Gasteiger charge is -2.30. The number of nitrogens with zero attached hydrogens (tertiary/aromatic N) is 1. The van der Waals surface area contributed by atoms with Crippen molar-refractivity contribution in [2.24, 2.45) is 0 Å². The largest absolute Gasteiger partial charge is 0.335 e. The van der Waals surface area contributed by atoms with Crippen LogP contribution in [0.2, 0.25) is 0 Å². The molecule has 27 heavy (non-hydrogen) atoms. The molecule has 0 radical (unpaired) electrons. The maximum atomic E-state index is 13.3. The van der Waals surface area contributed by atoms with E-state index in [1.807, 2.05) is 12.1 Å². The summed E-state index contributed by atoms with van der Waals surface area (Å²) in [4.78, 5) is 15.5. The van der Waals surface area contributed by atoms with Crippen molar-refractivity contribution >= 4 is 18.3 Å². The first kappa shape index (κ1) is 19.9. The standard InChI is InChI=1S/C23H28N2O.ClH/c26-23(25-21-11-12-22(25)17-24-14-13-21)16-20(19-9-5-2-6-10-19)15-18-7-3-1-4-8-18;/h1-10,20-22,24H,11-17H2;1H. The number of fused-ring (bicyclic) bond motifs is 2. The van der Waals surface area contributed by atoms with E-state index >= 15 is 0 Å². The van der Waals surface area contributed by atoms with Crippen molar-refractivity contribution in [2.75, 3.05) is 13.1 Å². The second-order valence-corrected chi connectivity index (χ2v) is 7.68. The summed E-state index contributed by atoms with van der Waals surface area (Å²) < 4.78 is 0. The lowest BCUT2D eigenvalue weighted by Crippen LogP contribution is -2.43. The normalized spacial score (nSPS) is 22.6. The van der Waals surface area contributed by atoms with Crippen LogP contribution in [-0.4, -0.2) is 36.0 Å². The number of carbonyl (C=O) groups excluding carboxylic acids is 1. The summed E-state index contributed by atoms with van der Waals surface area (Å²) in [6.07, 6.45) is 4.94. The molecule has 0 aliphatic carbocycles. The molecule has 2 aromatic rings. The van der Waals surface area contributed by atoms with Crippen LogP contribution in [0.15, 0.2) is 60.7 Å². The maximum absolute atomic E-state index is 13.3. The molecule has 2 heterocycles. The van der Waals surface area contributed by atoms with Crippen LogP contribution in [-0.2, 0) is 11.2 Å². The first-order chi connectivity index (χ1) is 12.8. The van der Waals surface area contributed by atoms with Crippen molar-refractivity contribution in [2.45, 2.75) is 50.1 Å². The Morgan fingerprint density at radius 3 is 2.37 bits per heavy atom. The highest BCUT2D eigenvalue weighted by Crippen LogP contribution is 2.32. The fourth-order valence-corrected chi connectivity index (χ4v) is 4.64. The zero-order valence-corrected chi connectivity index (χ0v) is 16.5. The first-order valence-corrected chi connectivity index (χ1v) is 9.92. The molecule has 2 aliphatic heterocycles. The van der Waals surface area contributed by atoms with Crippen LogP contribution in [0.5, 0.6) is 0 Å². The van der Waals surface area contributed by atoms with Gasteiger partial charge in [0.2, 0.25) is 5.91 Å². The molecule has 1 N–H and O–H groups in total. The Balaban J connectivity index is 0.00000210. The van der Waals surface area contributed by atoms with Gasteiger partial charge in [-0.25, -0.2) is 0 Å². The molecular formula is C23H29ClN2O. The van der Waals surface area contributed by atoms with E-state index in [0.717, 1.165) is 32.4 Å². The van der Waals surface area contributed by atoms with Gasteiger partial charge < -0.3 is 10.2 Å². The van der Waals surface area contributed by atoms with Gasteiger partial charge in [0.25, 0.3) is 0 Å². The summed E-state index contributed by atoms with van der Waals surface area (Å²) in [6, 6.07) is 21.9. The molecule has 2 aliphatic rings. The zero-order valence-electron chi connectivity index (χ0n) is 15.7. The topological polar surface area (TPSA) is 32.3 Å². The number of benzene rings is 2. The fourth-order valence-electron chi connectivity index (χ4n) is 4.64. The molecule has 0 spiro atoms. The predicted octanol–water partition coefficient (Wildman–Crippen LogP) is 4.18. The minimum atomic E-state index is 0. The average Bonchev–Trinajstić information content (AvgIpc) is 2.95. The Kier molecular flexibility index (Phi) is 6.92. The Morgan fingerprint density at radius 1 is 0.963 bits per heavy atom. The van der Waals surface area contributed by atoms with Crippen molar-refractivity contribution in [1.29, 1.82) is 0 Å². The Bertz CT molecular complexity index is 708. The second kappa shape index (κ2) is 9.38. The molecule has 1 amide bonds. The molecule has 4 heteroatoms.